The van der Waals surface area contributed by atoms with Gasteiger partial charge in [0.05, 0.1) is 5.69 Å². The van der Waals surface area contributed by atoms with Gasteiger partial charge in [-0.25, -0.2) is 4.98 Å². The molecule has 0 saturated heterocycles. The summed E-state index contributed by atoms with van der Waals surface area (Å²) in [5.74, 6) is 0.0360. The predicted molar refractivity (Wildman–Crippen MR) is 96.5 cm³/mol. The third kappa shape index (κ3) is 5.48. The number of benzene rings is 1. The molecule has 0 atom stereocenters. The highest BCUT2D eigenvalue weighted by molar-refractivity contribution is 14.1. The Kier molecular flexibility index (Phi) is 6.21. The number of hydrogen-bond acceptors (Lipinski definition) is 5. The number of hydrogen-bond donors (Lipinski definition) is 2. The molecule has 0 spiro atoms. The lowest BCUT2D eigenvalue weighted by Crippen LogP contribution is -2.22. The van der Waals surface area contributed by atoms with Gasteiger partial charge in [0.15, 0.2) is 5.69 Å². The van der Waals surface area contributed by atoms with E-state index in [1.165, 1.54) is 0 Å². The van der Waals surface area contributed by atoms with E-state index in [-0.39, 0.29) is 11.8 Å². The lowest BCUT2D eigenvalue weighted by Gasteiger charge is -2.14. The van der Waals surface area contributed by atoms with Crippen LogP contribution in [0.25, 0.3) is 0 Å². The largest absolute Gasteiger partial charge is 0.433 e. The average molecular weight is 451 g/mol. The molecule has 2 rings (SSSR count). The zero-order valence-electron chi connectivity index (χ0n) is 13.2. The number of nitrogens with one attached hydrogen (secondary N) is 2. The van der Waals surface area contributed by atoms with Gasteiger partial charge in [0.25, 0.3) is 0 Å². The molecule has 0 fully saturated rings. The monoisotopic (exact) mass is 451 g/mol. The second-order valence-corrected chi connectivity index (χ2v) is 6.46. The minimum atomic E-state index is -4.54. The van der Waals surface area contributed by atoms with Gasteiger partial charge in [0.1, 0.15) is 5.82 Å². The quantitative estimate of drug-likeness (QED) is 0.655. The molecule has 0 unspecified atom stereocenters. The average Bonchev–Trinajstić information content (AvgIpc) is 2.48. The van der Waals surface area contributed by atoms with Gasteiger partial charge >= 0.3 is 6.18 Å². The van der Waals surface area contributed by atoms with Crippen molar-refractivity contribution >= 4 is 40.0 Å². The van der Waals surface area contributed by atoms with Crippen LogP contribution in [0.2, 0.25) is 0 Å². The van der Waals surface area contributed by atoms with Gasteiger partial charge in [-0.05, 0) is 48.8 Å². The van der Waals surface area contributed by atoms with Crippen LogP contribution >= 0.6 is 22.6 Å². The summed E-state index contributed by atoms with van der Waals surface area (Å²) in [6.07, 6.45) is -4.54. The molecule has 9 heteroatoms. The van der Waals surface area contributed by atoms with Gasteiger partial charge in [0, 0.05) is 22.7 Å². The van der Waals surface area contributed by atoms with E-state index in [2.05, 4.69) is 43.2 Å². The lowest BCUT2D eigenvalue weighted by molar-refractivity contribution is -0.141. The maximum atomic E-state index is 13.1. The van der Waals surface area contributed by atoms with Gasteiger partial charge in [-0.3, -0.25) is 0 Å². The van der Waals surface area contributed by atoms with Gasteiger partial charge in [-0.2, -0.15) is 18.2 Å². The fraction of sp³-hybridized carbons (Fsp3) is 0.333. The Hall–Kier alpha value is -1.62. The van der Waals surface area contributed by atoms with E-state index in [1.807, 2.05) is 31.1 Å². The smallest absolute Gasteiger partial charge is 0.353 e. The van der Waals surface area contributed by atoms with E-state index in [1.54, 1.807) is 12.1 Å². The zero-order valence-corrected chi connectivity index (χ0v) is 15.3. The molecule has 5 nitrogen and oxygen atoms in total. The molecule has 0 saturated carbocycles. The van der Waals surface area contributed by atoms with Crippen molar-refractivity contribution in [2.24, 2.45) is 0 Å². The highest BCUT2D eigenvalue weighted by atomic mass is 127. The Labute approximate surface area is 151 Å². The van der Waals surface area contributed by atoms with Crippen LogP contribution in [0.4, 0.5) is 30.6 Å². The summed E-state index contributed by atoms with van der Waals surface area (Å²) in [7, 11) is 3.75. The van der Waals surface area contributed by atoms with Crippen molar-refractivity contribution < 1.29 is 13.2 Å². The van der Waals surface area contributed by atoms with Gasteiger partial charge in [-0.1, -0.05) is 12.1 Å². The second-order valence-electron chi connectivity index (χ2n) is 5.29. The van der Waals surface area contributed by atoms with E-state index in [0.717, 1.165) is 9.64 Å². The number of alkyl halides is 3. The molecule has 24 heavy (non-hydrogen) atoms. The first-order valence-electron chi connectivity index (χ1n) is 7.12. The molecule has 130 valence electrons. The SMILES string of the molecule is CN(C)CCNc1nc(Nc2ccccc2I)cc(C(F)(F)F)n1. The first-order chi connectivity index (χ1) is 11.3. The van der Waals surface area contributed by atoms with E-state index < -0.39 is 11.9 Å². The van der Waals surface area contributed by atoms with E-state index in [4.69, 9.17) is 0 Å². The van der Waals surface area contributed by atoms with Crippen molar-refractivity contribution in [2.45, 2.75) is 6.18 Å². The standard InChI is InChI=1S/C15H17F3IN5/c1-24(2)8-7-20-14-22-12(15(16,17)18)9-13(23-14)21-11-6-4-3-5-10(11)19/h3-6,9H,7-8H2,1-2H3,(H2,20,21,22,23). The summed E-state index contributed by atoms with van der Waals surface area (Å²) in [5, 5.41) is 5.74. The molecule has 1 heterocycles. The van der Waals surface area contributed by atoms with Gasteiger partial charge in [0.2, 0.25) is 5.95 Å². The number of anilines is 3. The number of aromatic nitrogens is 2. The minimum Gasteiger partial charge on any atom is -0.353 e. The Morgan fingerprint density at radius 3 is 2.50 bits per heavy atom. The van der Waals surface area contributed by atoms with Gasteiger partial charge in [-0.15, -0.1) is 0 Å². The first kappa shape index (κ1) is 18.7. The molecule has 0 bridgehead atoms. The normalized spacial score (nSPS) is 11.6. The number of likely N-dealkylation sites (N-methyl/N-ethyl adjacent to an activating group) is 1. The van der Waals surface area contributed by atoms with Crippen molar-refractivity contribution in [3.05, 3.63) is 39.6 Å². The highest BCUT2D eigenvalue weighted by Crippen LogP contribution is 2.31. The van der Waals surface area contributed by atoms with Gasteiger partial charge < -0.3 is 15.5 Å². The summed E-state index contributed by atoms with van der Waals surface area (Å²) in [6, 6.07) is 8.18. The molecule has 0 aliphatic carbocycles. The van der Waals surface area contributed by atoms with Crippen LogP contribution in [0.15, 0.2) is 30.3 Å². The minimum absolute atomic E-state index is 0.0554. The fourth-order valence-electron chi connectivity index (χ4n) is 1.83. The Balaban J connectivity index is 2.27. The summed E-state index contributed by atoms with van der Waals surface area (Å²) in [5.41, 5.74) is -0.303. The van der Waals surface area contributed by atoms with E-state index >= 15 is 0 Å². The molecular weight excluding hydrogens is 434 g/mol. The van der Waals surface area contributed by atoms with Crippen LogP contribution in [0.1, 0.15) is 5.69 Å². The third-order valence-electron chi connectivity index (χ3n) is 3.00. The fourth-order valence-corrected chi connectivity index (χ4v) is 2.35. The Morgan fingerprint density at radius 2 is 1.88 bits per heavy atom. The first-order valence-corrected chi connectivity index (χ1v) is 8.20. The number of halogens is 4. The summed E-state index contributed by atoms with van der Waals surface area (Å²) >= 11 is 2.10. The Morgan fingerprint density at radius 1 is 1.17 bits per heavy atom. The maximum absolute atomic E-state index is 13.1. The topological polar surface area (TPSA) is 53.1 Å². The highest BCUT2D eigenvalue weighted by Gasteiger charge is 2.33. The van der Waals surface area contributed by atoms with Crippen molar-refractivity contribution in [3.8, 4) is 0 Å². The molecule has 2 aromatic rings. The third-order valence-corrected chi connectivity index (χ3v) is 3.94. The van der Waals surface area contributed by atoms with Crippen LogP contribution in [0, 0.1) is 3.57 Å². The molecule has 0 aliphatic rings. The molecular formula is C15H17F3IN5. The zero-order chi connectivity index (χ0) is 17.7. The molecule has 0 amide bonds. The lowest BCUT2D eigenvalue weighted by atomic mass is 10.3. The summed E-state index contributed by atoms with van der Waals surface area (Å²) < 4.78 is 40.1. The molecule has 2 N–H and O–H groups in total. The van der Waals surface area contributed by atoms with Crippen molar-refractivity contribution in [1.82, 2.24) is 14.9 Å². The van der Waals surface area contributed by atoms with Crippen LogP contribution < -0.4 is 10.6 Å². The molecule has 1 aromatic carbocycles. The van der Waals surface area contributed by atoms with Crippen molar-refractivity contribution in [1.29, 1.82) is 0 Å². The van der Waals surface area contributed by atoms with Crippen LogP contribution in [-0.4, -0.2) is 42.1 Å². The van der Waals surface area contributed by atoms with Crippen LogP contribution in [0.3, 0.4) is 0 Å². The van der Waals surface area contributed by atoms with Crippen LogP contribution in [0.5, 0.6) is 0 Å². The Bertz CT molecular complexity index is 691. The van der Waals surface area contributed by atoms with E-state index in [0.29, 0.717) is 18.8 Å². The van der Waals surface area contributed by atoms with Crippen molar-refractivity contribution in [3.63, 3.8) is 0 Å². The van der Waals surface area contributed by atoms with Crippen LogP contribution in [-0.2, 0) is 6.18 Å². The number of nitrogens with zero attached hydrogens (tertiary/aromatic N) is 3. The van der Waals surface area contributed by atoms with E-state index in [9.17, 15) is 13.2 Å². The maximum Gasteiger partial charge on any atom is 0.433 e. The molecule has 1 aromatic heterocycles. The summed E-state index contributed by atoms with van der Waals surface area (Å²) in [6.45, 7) is 1.09. The second kappa shape index (κ2) is 7.97. The predicted octanol–water partition coefficient (Wildman–Crippen LogP) is 3.82. The summed E-state index contributed by atoms with van der Waals surface area (Å²) in [4.78, 5) is 9.59. The molecule has 0 radical (unpaired) electrons. The number of para-hydroxylation sites is 1. The number of rotatable bonds is 6. The molecule has 0 aliphatic heterocycles. The van der Waals surface area contributed by atoms with Crippen molar-refractivity contribution in [2.75, 3.05) is 37.8 Å².